The van der Waals surface area contributed by atoms with E-state index in [1.807, 2.05) is 0 Å². The number of hydrogen-bond acceptors (Lipinski definition) is 2. The maximum absolute atomic E-state index is 9.40. The fourth-order valence-corrected chi connectivity index (χ4v) is 15.1. The summed E-state index contributed by atoms with van der Waals surface area (Å²) in [6.45, 7) is 4.59. The molecule has 0 aliphatic heterocycles. The summed E-state index contributed by atoms with van der Waals surface area (Å²) in [5.74, 6) is 0. The summed E-state index contributed by atoms with van der Waals surface area (Å²) in [4.78, 5) is 0. The number of unbranched alkanes of at least 4 members (excludes halogenated alkanes) is 30. The summed E-state index contributed by atoms with van der Waals surface area (Å²) in [6.07, 6.45) is 46.7. The predicted molar refractivity (Wildman–Crippen MR) is 307 cm³/mol. The van der Waals surface area contributed by atoms with Crippen LogP contribution < -0.4 is 21.2 Å². The smallest absolute Gasteiger partial charge is 0.0237 e. The van der Waals surface area contributed by atoms with Crippen molar-refractivity contribution in [2.75, 3.05) is 12.3 Å². The third-order valence-corrected chi connectivity index (χ3v) is 20.2. The van der Waals surface area contributed by atoms with Crippen molar-refractivity contribution < 1.29 is 0 Å². The van der Waals surface area contributed by atoms with Gasteiger partial charge in [0.15, 0.2) is 0 Å². The van der Waals surface area contributed by atoms with E-state index >= 15 is 0 Å². The molecule has 66 heavy (non-hydrogen) atoms. The van der Waals surface area contributed by atoms with Gasteiger partial charge < -0.3 is 10.3 Å². The lowest BCUT2D eigenvalue weighted by molar-refractivity contribution is 0.531. The van der Waals surface area contributed by atoms with Gasteiger partial charge in [-0.05, 0) is 46.4 Å². The Morgan fingerprint density at radius 1 is 0.242 bits per heavy atom. The van der Waals surface area contributed by atoms with E-state index in [4.69, 9.17) is 0 Å². The quantitative estimate of drug-likeness (QED) is 0.0332. The first-order valence-corrected chi connectivity index (χ1v) is 31.0. The third-order valence-electron chi connectivity index (χ3n) is 13.5. The molecular formula is C60H98Cl2N2P2. The van der Waals surface area contributed by atoms with Crippen molar-refractivity contribution in [2.24, 2.45) is 0 Å². The summed E-state index contributed by atoms with van der Waals surface area (Å²) in [6, 6.07) is 42.3. The summed E-state index contributed by atoms with van der Waals surface area (Å²) >= 11 is 0. The summed E-state index contributed by atoms with van der Waals surface area (Å²) < 4.78 is 0. The molecule has 4 aromatic rings. The fraction of sp³-hybridized carbons (Fsp3) is 0.600. The van der Waals surface area contributed by atoms with Crippen LogP contribution in [0.3, 0.4) is 0 Å². The van der Waals surface area contributed by atoms with Gasteiger partial charge in [-0.3, -0.25) is 0 Å². The topological polar surface area (TPSA) is 47.7 Å². The molecule has 0 aliphatic carbocycles. The lowest BCUT2D eigenvalue weighted by Crippen LogP contribution is -2.18. The van der Waals surface area contributed by atoms with Crippen molar-refractivity contribution in [3.63, 3.8) is 0 Å². The molecule has 0 unspecified atom stereocenters. The lowest BCUT2D eigenvalue weighted by Gasteiger charge is -2.23. The highest BCUT2D eigenvalue weighted by atomic mass is 35.5. The van der Waals surface area contributed by atoms with Gasteiger partial charge in [-0.2, -0.15) is 0 Å². The van der Waals surface area contributed by atoms with Crippen LogP contribution in [-0.4, -0.2) is 12.3 Å². The molecule has 0 saturated heterocycles. The highest BCUT2D eigenvalue weighted by Gasteiger charge is 2.22. The Morgan fingerprint density at radius 2 is 0.394 bits per heavy atom. The first-order chi connectivity index (χ1) is 31.5. The van der Waals surface area contributed by atoms with Gasteiger partial charge >= 0.3 is 0 Å². The monoisotopic (exact) mass is 979 g/mol. The molecule has 372 valence electrons. The number of hydrogen-bond donors (Lipinski definition) is 2. The molecule has 0 atom stereocenters. The molecule has 0 heterocycles. The average Bonchev–Trinajstić information content (AvgIpc) is 3.35. The van der Waals surface area contributed by atoms with Crippen LogP contribution in [0.4, 0.5) is 0 Å². The van der Waals surface area contributed by atoms with Crippen molar-refractivity contribution in [3.8, 4) is 0 Å². The molecule has 2 nitrogen and oxygen atoms in total. The van der Waals surface area contributed by atoms with Gasteiger partial charge in [0.25, 0.3) is 0 Å². The van der Waals surface area contributed by atoms with Crippen molar-refractivity contribution >= 4 is 60.1 Å². The van der Waals surface area contributed by atoms with E-state index in [1.165, 1.54) is 227 Å². The van der Waals surface area contributed by atoms with Crippen LogP contribution in [0.5, 0.6) is 0 Å². The van der Waals surface area contributed by atoms with Crippen LogP contribution in [0.2, 0.25) is 0 Å². The second-order valence-corrected chi connectivity index (χ2v) is 25.2. The van der Waals surface area contributed by atoms with E-state index < -0.39 is 14.1 Å². The first-order valence-electron chi connectivity index (χ1n) is 27.0. The van der Waals surface area contributed by atoms with Crippen molar-refractivity contribution in [3.05, 3.63) is 121 Å². The molecule has 2 N–H and O–H groups in total. The third kappa shape index (κ3) is 27.2. The molecule has 0 radical (unpaired) electrons. The van der Waals surface area contributed by atoms with E-state index in [0.717, 1.165) is 12.3 Å². The van der Waals surface area contributed by atoms with Crippen molar-refractivity contribution in [1.29, 1.82) is 10.3 Å². The molecule has 6 heteroatoms. The largest absolute Gasteiger partial charge is 0.309 e. The van der Waals surface area contributed by atoms with Gasteiger partial charge in [0.05, 0.1) is 0 Å². The van der Waals surface area contributed by atoms with Crippen molar-refractivity contribution in [1.82, 2.24) is 0 Å². The maximum Gasteiger partial charge on any atom is 0.0237 e. The van der Waals surface area contributed by atoms with Gasteiger partial charge in [0.1, 0.15) is 0 Å². The van der Waals surface area contributed by atoms with Crippen LogP contribution >= 0.6 is 38.9 Å². The molecule has 0 fully saturated rings. The SMILES string of the molecule is CCCCCCCCCCCCCCCCCCP(=N)(c1ccccc1)c1ccccc1.CCCCCCCCCCCCCCCCCCP(=N)(c1ccccc1)c1ccccc1.Cl.Cl. The zero-order chi connectivity index (χ0) is 45.5. The minimum absolute atomic E-state index is 0. The first kappa shape index (κ1) is 61.9. The number of benzene rings is 4. The van der Waals surface area contributed by atoms with E-state index in [9.17, 15) is 10.3 Å². The van der Waals surface area contributed by atoms with Gasteiger partial charge in [0, 0.05) is 14.1 Å². The Bertz CT molecular complexity index is 1500. The molecule has 0 amide bonds. The molecule has 0 saturated carbocycles. The Kier molecular flexibility index (Phi) is 39.3. The minimum Gasteiger partial charge on any atom is -0.309 e. The number of halogens is 2. The molecular weight excluding hydrogens is 882 g/mol. The molecule has 4 rings (SSSR count). The van der Waals surface area contributed by atoms with E-state index in [-0.39, 0.29) is 24.8 Å². The number of rotatable bonds is 38. The lowest BCUT2D eigenvalue weighted by atomic mass is 10.0. The van der Waals surface area contributed by atoms with Crippen molar-refractivity contribution in [2.45, 2.75) is 219 Å². The zero-order valence-electron chi connectivity index (χ0n) is 42.3. The minimum atomic E-state index is -2.01. The maximum atomic E-state index is 9.40. The Morgan fingerprint density at radius 3 is 0.561 bits per heavy atom. The molecule has 0 aromatic heterocycles. The van der Waals surface area contributed by atoms with Gasteiger partial charge in [-0.1, -0.05) is 328 Å². The zero-order valence-corrected chi connectivity index (χ0v) is 45.7. The van der Waals surface area contributed by atoms with E-state index in [0.29, 0.717) is 0 Å². The Balaban J connectivity index is 0.000000641. The second kappa shape index (κ2) is 41.9. The van der Waals surface area contributed by atoms with Gasteiger partial charge in [0.2, 0.25) is 0 Å². The van der Waals surface area contributed by atoms with Crippen LogP contribution in [0.1, 0.15) is 219 Å². The van der Waals surface area contributed by atoms with Gasteiger partial charge in [-0.15, -0.1) is 24.8 Å². The summed E-state index contributed by atoms with van der Waals surface area (Å²) in [5, 5.41) is 23.7. The van der Waals surface area contributed by atoms with Crippen LogP contribution in [0, 0.1) is 10.3 Å². The average molecular weight is 980 g/mol. The second-order valence-electron chi connectivity index (χ2n) is 19.0. The van der Waals surface area contributed by atoms with Crippen LogP contribution in [-0.2, 0) is 0 Å². The highest BCUT2D eigenvalue weighted by molar-refractivity contribution is 7.80. The molecule has 4 aromatic carbocycles. The van der Waals surface area contributed by atoms with Crippen LogP contribution in [0.25, 0.3) is 0 Å². The normalized spacial score (nSPS) is 11.3. The summed E-state index contributed by atoms with van der Waals surface area (Å²) in [7, 11) is -4.02. The standard InChI is InChI=1S/2C30H48NP.2ClH/c2*1-2-3-4-5-6-7-8-9-10-11-12-13-14-15-16-23-28-32(31,29-24-19-17-20-25-29)30-26-21-18-22-27-30;;/h2*17-22,24-27,31H,2-16,23,28H2,1H3;2*1H. The molecule has 0 bridgehead atoms. The van der Waals surface area contributed by atoms with Crippen LogP contribution in [0.15, 0.2) is 121 Å². The Labute approximate surface area is 421 Å². The molecule has 0 spiro atoms. The fourth-order valence-electron chi connectivity index (χ4n) is 9.34. The Hall–Kier alpha value is -2.08. The highest BCUT2D eigenvalue weighted by Crippen LogP contribution is 2.46. The number of nitrogens with one attached hydrogen (secondary N) is 2. The summed E-state index contributed by atoms with van der Waals surface area (Å²) in [5.41, 5.74) is 0. The predicted octanol–water partition coefficient (Wildman–Crippen LogP) is 20.2. The van der Waals surface area contributed by atoms with E-state index in [2.05, 4.69) is 135 Å². The van der Waals surface area contributed by atoms with E-state index in [1.54, 1.807) is 0 Å². The van der Waals surface area contributed by atoms with Gasteiger partial charge in [-0.25, -0.2) is 0 Å². The molecule has 0 aliphatic rings.